The predicted molar refractivity (Wildman–Crippen MR) is 145 cm³/mol. The van der Waals surface area contributed by atoms with Crippen molar-refractivity contribution in [2.75, 3.05) is 31.1 Å². The van der Waals surface area contributed by atoms with E-state index in [1.165, 1.54) is 24.4 Å². The molecule has 3 heterocycles. The van der Waals surface area contributed by atoms with Gasteiger partial charge in [0, 0.05) is 46.0 Å². The minimum absolute atomic E-state index is 0.179. The highest BCUT2D eigenvalue weighted by Crippen LogP contribution is 2.49. The smallest absolute Gasteiger partial charge is 0.307 e. The number of fused-ring (bicyclic) bond motifs is 2. The largest absolute Gasteiger partial charge is 0.416 e. The van der Waals surface area contributed by atoms with Gasteiger partial charge in [-0.25, -0.2) is 4.98 Å². The summed E-state index contributed by atoms with van der Waals surface area (Å²) in [4.78, 5) is 21.2. The first-order valence-electron chi connectivity index (χ1n) is 12.0. The van der Waals surface area contributed by atoms with Crippen LogP contribution in [0.3, 0.4) is 0 Å². The second kappa shape index (κ2) is 10.5. The molecule has 0 radical (unpaired) electrons. The molecule has 10 heteroatoms. The van der Waals surface area contributed by atoms with E-state index in [2.05, 4.69) is 9.88 Å². The second-order valence-corrected chi connectivity index (χ2v) is 10.9. The molecule has 1 aromatic heterocycles. The highest BCUT2D eigenvalue weighted by atomic mass is 35.5. The molecule has 0 unspecified atom stereocenters. The molecule has 2 aliphatic heterocycles. The van der Waals surface area contributed by atoms with E-state index in [-0.39, 0.29) is 11.1 Å². The number of halogens is 6. The van der Waals surface area contributed by atoms with Crippen LogP contribution in [-0.4, -0.2) is 42.0 Å². The first-order valence-corrected chi connectivity index (χ1v) is 13.2. The third-order valence-corrected chi connectivity index (χ3v) is 8.07. The topological polar surface area (TPSA) is 36.4 Å². The van der Waals surface area contributed by atoms with Crippen molar-refractivity contribution in [3.05, 3.63) is 98.3 Å². The first kappa shape index (κ1) is 27.0. The summed E-state index contributed by atoms with van der Waals surface area (Å²) in [6.45, 7) is 2.34. The van der Waals surface area contributed by atoms with Crippen LogP contribution in [-0.2, 0) is 11.6 Å². The number of likely N-dealkylation sites (tertiary alicyclic amines) is 1. The lowest BCUT2D eigenvalue weighted by Crippen LogP contribution is -2.46. The number of pyridine rings is 1. The SMILES string of the molecule is O=C(c1ccnc(Cl)c1)N1CC2(CCN(CC=Cc3ccc(Cl)cc3Cl)CC2)c2cc(C(F)(F)F)ccc21. The zero-order chi connectivity index (χ0) is 27.1. The number of carbonyl (C=O) groups excluding carboxylic acids is 1. The van der Waals surface area contributed by atoms with Crippen LogP contribution in [0.25, 0.3) is 6.08 Å². The normalized spacial score (nSPS) is 17.4. The standard InChI is InChI=1S/C28H23Cl3F3N3O/c29-21-5-3-18(23(30)16-21)2-1-11-36-12-8-27(9-13-36)17-37(26(38)19-7-10-35-25(31)14-19)24-6-4-20(15-22(24)27)28(32,33)34/h1-7,10,14-16H,8-9,11-13,17H2. The van der Waals surface area contributed by atoms with Crippen molar-refractivity contribution in [2.45, 2.75) is 24.4 Å². The fourth-order valence-electron chi connectivity index (χ4n) is 5.27. The maximum atomic E-state index is 13.6. The monoisotopic (exact) mass is 579 g/mol. The Balaban J connectivity index is 1.37. The molecule has 2 aliphatic rings. The quantitative estimate of drug-likeness (QED) is 0.296. The van der Waals surface area contributed by atoms with E-state index in [9.17, 15) is 18.0 Å². The van der Waals surface area contributed by atoms with Gasteiger partial charge in [-0.2, -0.15) is 13.2 Å². The fraction of sp³-hybridized carbons (Fsp3) is 0.286. The van der Waals surface area contributed by atoms with Gasteiger partial charge in [0.25, 0.3) is 5.91 Å². The molecule has 4 nitrogen and oxygen atoms in total. The Hall–Kier alpha value is -2.58. The zero-order valence-corrected chi connectivity index (χ0v) is 22.4. The van der Waals surface area contributed by atoms with E-state index in [0.717, 1.165) is 11.6 Å². The molecule has 0 bridgehead atoms. The summed E-state index contributed by atoms with van der Waals surface area (Å²) in [5, 5.41) is 1.31. The molecule has 1 amide bonds. The van der Waals surface area contributed by atoms with Crippen LogP contribution in [0.4, 0.5) is 18.9 Å². The van der Waals surface area contributed by atoms with E-state index in [0.29, 0.717) is 65.9 Å². The van der Waals surface area contributed by atoms with Crippen molar-refractivity contribution in [3.8, 4) is 0 Å². The lowest BCUT2D eigenvalue weighted by Gasteiger charge is -2.39. The van der Waals surface area contributed by atoms with Crippen molar-refractivity contribution in [1.29, 1.82) is 0 Å². The van der Waals surface area contributed by atoms with E-state index in [1.807, 2.05) is 18.2 Å². The average molecular weight is 581 g/mol. The third-order valence-electron chi connectivity index (χ3n) is 7.30. The lowest BCUT2D eigenvalue weighted by molar-refractivity contribution is -0.137. The summed E-state index contributed by atoms with van der Waals surface area (Å²) in [7, 11) is 0. The minimum Gasteiger partial charge on any atom is -0.307 e. The number of anilines is 1. The molecular formula is C28H23Cl3F3N3O. The van der Waals surface area contributed by atoms with Crippen LogP contribution in [0.15, 0.2) is 60.8 Å². The van der Waals surface area contributed by atoms with E-state index < -0.39 is 17.2 Å². The molecule has 1 spiro atoms. The minimum atomic E-state index is -4.47. The summed E-state index contributed by atoms with van der Waals surface area (Å²) in [5.74, 6) is -0.308. The molecule has 2 aromatic carbocycles. The number of piperidine rings is 1. The summed E-state index contributed by atoms with van der Waals surface area (Å²) in [5.41, 5.74) is 1.02. The predicted octanol–water partition coefficient (Wildman–Crippen LogP) is 7.77. The Morgan fingerprint density at radius 2 is 1.79 bits per heavy atom. The van der Waals surface area contributed by atoms with Gasteiger partial charge in [0.15, 0.2) is 0 Å². The van der Waals surface area contributed by atoms with E-state index >= 15 is 0 Å². The van der Waals surface area contributed by atoms with E-state index in [1.54, 1.807) is 23.1 Å². The number of amides is 1. The Morgan fingerprint density at radius 1 is 1.03 bits per heavy atom. The third kappa shape index (κ3) is 5.43. The highest BCUT2D eigenvalue weighted by molar-refractivity contribution is 6.35. The van der Waals surface area contributed by atoms with Crippen LogP contribution >= 0.6 is 34.8 Å². The van der Waals surface area contributed by atoms with Crippen LogP contribution < -0.4 is 4.90 Å². The Kier molecular flexibility index (Phi) is 7.48. The number of nitrogens with zero attached hydrogens (tertiary/aromatic N) is 3. The van der Waals surface area contributed by atoms with Crippen LogP contribution in [0.5, 0.6) is 0 Å². The van der Waals surface area contributed by atoms with Gasteiger partial charge < -0.3 is 4.90 Å². The first-order chi connectivity index (χ1) is 18.1. The number of alkyl halides is 3. The Bertz CT molecular complexity index is 1400. The van der Waals surface area contributed by atoms with Gasteiger partial charge in [0.1, 0.15) is 5.15 Å². The molecular weight excluding hydrogens is 558 g/mol. The number of aromatic nitrogens is 1. The van der Waals surface area contributed by atoms with Gasteiger partial charge in [-0.1, -0.05) is 53.0 Å². The Labute approximate surface area is 233 Å². The van der Waals surface area contributed by atoms with Crippen LogP contribution in [0.1, 0.15) is 39.9 Å². The zero-order valence-electron chi connectivity index (χ0n) is 20.1. The number of rotatable bonds is 4. The molecule has 1 saturated heterocycles. The molecule has 5 rings (SSSR count). The molecule has 0 N–H and O–H groups in total. The second-order valence-electron chi connectivity index (χ2n) is 9.64. The number of hydrogen-bond acceptors (Lipinski definition) is 3. The molecule has 1 fully saturated rings. The number of benzene rings is 2. The average Bonchev–Trinajstić information content (AvgIpc) is 3.19. The maximum absolute atomic E-state index is 13.6. The summed E-state index contributed by atoms with van der Waals surface area (Å²) < 4.78 is 40.9. The van der Waals surface area contributed by atoms with Crippen molar-refractivity contribution >= 4 is 52.5 Å². The number of carbonyl (C=O) groups is 1. The van der Waals surface area contributed by atoms with Gasteiger partial charge in [-0.3, -0.25) is 9.69 Å². The van der Waals surface area contributed by atoms with Gasteiger partial charge in [-0.05, 0) is 79.5 Å². The summed E-state index contributed by atoms with van der Waals surface area (Å²) >= 11 is 18.2. The molecule has 0 aliphatic carbocycles. The van der Waals surface area contributed by atoms with Crippen LogP contribution in [0, 0.1) is 0 Å². The fourth-order valence-corrected chi connectivity index (χ4v) is 5.92. The highest BCUT2D eigenvalue weighted by Gasteiger charge is 2.47. The summed E-state index contributed by atoms with van der Waals surface area (Å²) in [6, 6.07) is 12.0. The lowest BCUT2D eigenvalue weighted by atomic mass is 9.74. The number of hydrogen-bond donors (Lipinski definition) is 0. The van der Waals surface area contributed by atoms with Gasteiger partial charge in [0.2, 0.25) is 0 Å². The van der Waals surface area contributed by atoms with Gasteiger partial charge in [-0.15, -0.1) is 0 Å². The van der Waals surface area contributed by atoms with Gasteiger partial charge >= 0.3 is 6.18 Å². The molecule has 0 saturated carbocycles. The molecule has 3 aromatic rings. The molecule has 198 valence electrons. The molecule has 0 atom stereocenters. The molecule has 38 heavy (non-hydrogen) atoms. The van der Waals surface area contributed by atoms with E-state index in [4.69, 9.17) is 34.8 Å². The Morgan fingerprint density at radius 3 is 2.47 bits per heavy atom. The van der Waals surface area contributed by atoms with Crippen molar-refractivity contribution < 1.29 is 18.0 Å². The van der Waals surface area contributed by atoms with Crippen molar-refractivity contribution in [3.63, 3.8) is 0 Å². The van der Waals surface area contributed by atoms with Crippen molar-refractivity contribution in [1.82, 2.24) is 9.88 Å². The van der Waals surface area contributed by atoms with Crippen LogP contribution in [0.2, 0.25) is 15.2 Å². The maximum Gasteiger partial charge on any atom is 0.416 e. The summed E-state index contributed by atoms with van der Waals surface area (Å²) in [6.07, 6.45) is 2.17. The van der Waals surface area contributed by atoms with Crippen molar-refractivity contribution in [2.24, 2.45) is 0 Å². The van der Waals surface area contributed by atoms with Gasteiger partial charge in [0.05, 0.1) is 5.56 Å².